The van der Waals surface area contributed by atoms with Crippen LogP contribution >= 0.6 is 0 Å². The average molecular weight is 241 g/mol. The third-order valence-corrected chi connectivity index (χ3v) is 3.97. The van der Waals surface area contributed by atoms with Crippen LogP contribution in [-0.2, 0) is 9.47 Å². The van der Waals surface area contributed by atoms with E-state index in [-0.39, 0.29) is 5.60 Å². The number of rotatable bonds is 5. The van der Waals surface area contributed by atoms with Crippen LogP contribution in [0.2, 0.25) is 0 Å². The maximum atomic E-state index is 6.01. The molecular weight excluding hydrogens is 214 g/mol. The Labute approximate surface area is 105 Å². The minimum absolute atomic E-state index is 0.189. The van der Waals surface area contributed by atoms with Crippen molar-refractivity contribution in [2.75, 3.05) is 19.8 Å². The Morgan fingerprint density at radius 1 is 1.35 bits per heavy atom. The standard InChI is InChI=1S/C14H27NO2/c1-12(2)15-8-10-16-13-5-9-17-14(11-13)6-3-4-7-14/h12-13,15H,3-11H2,1-2H3. The molecule has 2 rings (SSSR count). The lowest BCUT2D eigenvalue weighted by Crippen LogP contribution is -2.41. The van der Waals surface area contributed by atoms with Crippen LogP contribution in [0, 0.1) is 0 Å². The van der Waals surface area contributed by atoms with Crippen LogP contribution < -0.4 is 5.32 Å². The van der Waals surface area contributed by atoms with Gasteiger partial charge < -0.3 is 14.8 Å². The molecule has 2 fully saturated rings. The molecule has 1 aliphatic heterocycles. The zero-order chi connectivity index (χ0) is 12.1. The van der Waals surface area contributed by atoms with Gasteiger partial charge in [0, 0.05) is 25.6 Å². The molecule has 100 valence electrons. The highest BCUT2D eigenvalue weighted by atomic mass is 16.5. The molecule has 3 heteroatoms. The average Bonchev–Trinajstić information content (AvgIpc) is 2.73. The lowest BCUT2D eigenvalue weighted by atomic mass is 9.90. The van der Waals surface area contributed by atoms with Gasteiger partial charge in [-0.05, 0) is 19.3 Å². The van der Waals surface area contributed by atoms with Gasteiger partial charge in [0.25, 0.3) is 0 Å². The maximum absolute atomic E-state index is 6.01. The van der Waals surface area contributed by atoms with Gasteiger partial charge in [0.05, 0.1) is 18.3 Å². The zero-order valence-corrected chi connectivity index (χ0v) is 11.3. The van der Waals surface area contributed by atoms with Gasteiger partial charge in [-0.15, -0.1) is 0 Å². The Morgan fingerprint density at radius 3 is 2.82 bits per heavy atom. The molecule has 17 heavy (non-hydrogen) atoms. The first-order chi connectivity index (χ1) is 8.20. The summed E-state index contributed by atoms with van der Waals surface area (Å²) in [5.41, 5.74) is 0.189. The van der Waals surface area contributed by atoms with Crippen LogP contribution in [0.1, 0.15) is 52.4 Å². The summed E-state index contributed by atoms with van der Waals surface area (Å²) in [5.74, 6) is 0. The van der Waals surface area contributed by atoms with Crippen molar-refractivity contribution in [3.05, 3.63) is 0 Å². The van der Waals surface area contributed by atoms with Gasteiger partial charge in [-0.3, -0.25) is 0 Å². The van der Waals surface area contributed by atoms with E-state index in [1.807, 2.05) is 0 Å². The van der Waals surface area contributed by atoms with Crippen LogP contribution in [0.4, 0.5) is 0 Å². The molecule has 1 N–H and O–H groups in total. The maximum Gasteiger partial charge on any atom is 0.0707 e. The lowest BCUT2D eigenvalue weighted by molar-refractivity contribution is -0.129. The Kier molecular flexibility index (Phi) is 4.83. The Morgan fingerprint density at radius 2 is 2.12 bits per heavy atom. The topological polar surface area (TPSA) is 30.5 Å². The molecule has 0 aromatic carbocycles. The quantitative estimate of drug-likeness (QED) is 0.750. The van der Waals surface area contributed by atoms with Gasteiger partial charge in [0.1, 0.15) is 0 Å². The summed E-state index contributed by atoms with van der Waals surface area (Å²) in [4.78, 5) is 0. The molecule has 1 atom stereocenters. The first-order valence-corrected chi connectivity index (χ1v) is 7.19. The summed E-state index contributed by atoms with van der Waals surface area (Å²) < 4.78 is 12.0. The minimum atomic E-state index is 0.189. The highest BCUT2D eigenvalue weighted by Crippen LogP contribution is 2.40. The second-order valence-corrected chi connectivity index (χ2v) is 5.83. The number of nitrogens with one attached hydrogen (secondary N) is 1. The molecule has 1 saturated heterocycles. The summed E-state index contributed by atoms with van der Waals surface area (Å²) >= 11 is 0. The predicted molar refractivity (Wildman–Crippen MR) is 69.3 cm³/mol. The summed E-state index contributed by atoms with van der Waals surface area (Å²) in [5, 5.41) is 3.39. The first-order valence-electron chi connectivity index (χ1n) is 7.19. The van der Waals surface area contributed by atoms with Crippen molar-refractivity contribution >= 4 is 0 Å². The van der Waals surface area contributed by atoms with Gasteiger partial charge in [-0.2, -0.15) is 0 Å². The van der Waals surface area contributed by atoms with E-state index in [2.05, 4.69) is 19.2 Å². The first kappa shape index (κ1) is 13.3. The molecule has 0 aromatic rings. The Bertz CT molecular complexity index is 224. The smallest absolute Gasteiger partial charge is 0.0707 e. The van der Waals surface area contributed by atoms with E-state index in [1.54, 1.807) is 0 Å². The third-order valence-electron chi connectivity index (χ3n) is 3.97. The lowest BCUT2D eigenvalue weighted by Gasteiger charge is -2.38. The SMILES string of the molecule is CC(C)NCCOC1CCOC2(CCCC2)C1. The van der Waals surface area contributed by atoms with Crippen molar-refractivity contribution in [1.82, 2.24) is 5.32 Å². The molecule has 3 nitrogen and oxygen atoms in total. The fraction of sp³-hybridized carbons (Fsp3) is 1.00. The summed E-state index contributed by atoms with van der Waals surface area (Å²) in [6, 6.07) is 0.550. The van der Waals surface area contributed by atoms with Crippen LogP contribution in [0.5, 0.6) is 0 Å². The fourth-order valence-electron chi connectivity index (χ4n) is 3.07. The van der Waals surface area contributed by atoms with E-state index in [0.717, 1.165) is 32.6 Å². The molecule has 1 saturated carbocycles. The van der Waals surface area contributed by atoms with E-state index in [9.17, 15) is 0 Å². The Hall–Kier alpha value is -0.120. The van der Waals surface area contributed by atoms with Crippen molar-refractivity contribution < 1.29 is 9.47 Å². The predicted octanol–water partition coefficient (Wildman–Crippen LogP) is 2.49. The zero-order valence-electron chi connectivity index (χ0n) is 11.3. The van der Waals surface area contributed by atoms with Crippen molar-refractivity contribution in [3.63, 3.8) is 0 Å². The van der Waals surface area contributed by atoms with Crippen LogP contribution in [-0.4, -0.2) is 37.5 Å². The summed E-state index contributed by atoms with van der Waals surface area (Å²) in [6.07, 6.45) is 7.78. The molecule has 1 heterocycles. The molecule has 0 radical (unpaired) electrons. The minimum Gasteiger partial charge on any atom is -0.377 e. The molecule has 2 aliphatic rings. The second kappa shape index (κ2) is 6.17. The van der Waals surface area contributed by atoms with Gasteiger partial charge in [0.15, 0.2) is 0 Å². The van der Waals surface area contributed by atoms with E-state index >= 15 is 0 Å². The molecule has 1 aliphatic carbocycles. The van der Waals surface area contributed by atoms with Gasteiger partial charge in [-0.1, -0.05) is 26.7 Å². The number of hydrogen-bond acceptors (Lipinski definition) is 3. The number of hydrogen-bond donors (Lipinski definition) is 1. The molecule has 1 spiro atoms. The normalized spacial score (nSPS) is 28.1. The number of ether oxygens (including phenoxy) is 2. The molecule has 0 aromatic heterocycles. The van der Waals surface area contributed by atoms with Crippen molar-refractivity contribution in [3.8, 4) is 0 Å². The van der Waals surface area contributed by atoms with E-state index in [4.69, 9.17) is 9.47 Å². The second-order valence-electron chi connectivity index (χ2n) is 5.83. The van der Waals surface area contributed by atoms with Crippen molar-refractivity contribution in [1.29, 1.82) is 0 Å². The van der Waals surface area contributed by atoms with E-state index in [0.29, 0.717) is 12.1 Å². The van der Waals surface area contributed by atoms with Gasteiger partial charge in [0.2, 0.25) is 0 Å². The molecule has 1 unspecified atom stereocenters. The largest absolute Gasteiger partial charge is 0.377 e. The molecule has 0 amide bonds. The molecular formula is C14H27NO2. The van der Waals surface area contributed by atoms with Crippen LogP contribution in [0.3, 0.4) is 0 Å². The monoisotopic (exact) mass is 241 g/mol. The molecule has 0 bridgehead atoms. The van der Waals surface area contributed by atoms with Gasteiger partial charge >= 0.3 is 0 Å². The van der Waals surface area contributed by atoms with Crippen LogP contribution in [0.15, 0.2) is 0 Å². The van der Waals surface area contributed by atoms with Crippen LogP contribution in [0.25, 0.3) is 0 Å². The van der Waals surface area contributed by atoms with Crippen molar-refractivity contribution in [2.45, 2.75) is 70.1 Å². The summed E-state index contributed by atoms with van der Waals surface area (Å²) in [7, 11) is 0. The Balaban J connectivity index is 1.67. The highest BCUT2D eigenvalue weighted by molar-refractivity contribution is 4.91. The fourth-order valence-corrected chi connectivity index (χ4v) is 3.07. The van der Waals surface area contributed by atoms with E-state index in [1.165, 1.54) is 25.7 Å². The van der Waals surface area contributed by atoms with Gasteiger partial charge in [-0.25, -0.2) is 0 Å². The van der Waals surface area contributed by atoms with E-state index < -0.39 is 0 Å². The summed E-state index contributed by atoms with van der Waals surface area (Å²) in [6.45, 7) is 7.02. The van der Waals surface area contributed by atoms with Crippen molar-refractivity contribution in [2.24, 2.45) is 0 Å². The highest BCUT2D eigenvalue weighted by Gasteiger charge is 2.40. The third kappa shape index (κ3) is 3.94.